The van der Waals surface area contributed by atoms with E-state index in [2.05, 4.69) is 20.6 Å². The van der Waals surface area contributed by atoms with E-state index < -0.39 is 11.7 Å². The highest BCUT2D eigenvalue weighted by molar-refractivity contribution is 6.09. The van der Waals surface area contributed by atoms with Crippen molar-refractivity contribution in [2.45, 2.75) is 32.6 Å². The van der Waals surface area contributed by atoms with Gasteiger partial charge in [0.1, 0.15) is 5.82 Å². The largest absolute Gasteiger partial charge is 0.494 e. The Morgan fingerprint density at radius 3 is 2.51 bits per heavy atom. The molecule has 6 rings (SSSR count). The number of carbonyl (C=O) groups is 3. The van der Waals surface area contributed by atoms with E-state index in [1.54, 1.807) is 28.1 Å². The first-order valence-electron chi connectivity index (χ1n) is 14.6. The zero-order valence-electron chi connectivity index (χ0n) is 25.1. The fraction of sp³-hybridized carbons (Fsp3) is 0.273. The van der Waals surface area contributed by atoms with Crippen LogP contribution in [-0.2, 0) is 11.3 Å². The van der Waals surface area contributed by atoms with Crippen molar-refractivity contribution in [3.63, 3.8) is 0 Å². The van der Waals surface area contributed by atoms with E-state index in [4.69, 9.17) is 9.47 Å². The van der Waals surface area contributed by atoms with Crippen molar-refractivity contribution in [1.82, 2.24) is 19.8 Å². The second kappa shape index (κ2) is 12.4. The average Bonchev–Trinajstić information content (AvgIpc) is 3.39. The van der Waals surface area contributed by atoms with Gasteiger partial charge in [-0.2, -0.15) is 0 Å². The van der Waals surface area contributed by atoms with E-state index >= 15 is 0 Å². The molecule has 12 heteroatoms. The Balaban J connectivity index is 1.32. The summed E-state index contributed by atoms with van der Waals surface area (Å²) in [5.41, 5.74) is 3.85. The Morgan fingerprint density at radius 1 is 1.02 bits per heavy atom. The minimum absolute atomic E-state index is 0.0483. The Labute approximate surface area is 259 Å². The maximum absolute atomic E-state index is 13.9. The fourth-order valence-electron chi connectivity index (χ4n) is 5.80. The quantitative estimate of drug-likeness (QED) is 0.264. The molecule has 4 heterocycles. The number of urea groups is 1. The lowest BCUT2D eigenvalue weighted by atomic mass is 10.0. The Hall–Kier alpha value is -5.23. The highest BCUT2D eigenvalue weighted by Crippen LogP contribution is 2.38. The maximum Gasteiger partial charge on any atom is 0.320 e. The van der Waals surface area contributed by atoms with Crippen LogP contribution in [0.3, 0.4) is 0 Å². The number of aromatic nitrogens is 2. The number of para-hydroxylation sites is 1. The molecule has 45 heavy (non-hydrogen) atoms. The molecule has 1 fully saturated rings. The van der Waals surface area contributed by atoms with Gasteiger partial charge in [0.2, 0.25) is 0 Å². The first kappa shape index (κ1) is 29.8. The molecule has 3 amide bonds. The van der Waals surface area contributed by atoms with Crippen LogP contribution in [0.15, 0.2) is 66.9 Å². The first-order valence-corrected chi connectivity index (χ1v) is 14.6. The third kappa shape index (κ3) is 6.22. The fourth-order valence-corrected chi connectivity index (χ4v) is 5.80. The summed E-state index contributed by atoms with van der Waals surface area (Å²) in [4.78, 5) is 51.2. The number of amides is 3. The number of anilines is 3. The molecule has 2 aliphatic rings. The predicted octanol–water partition coefficient (Wildman–Crippen LogP) is 5.45. The highest BCUT2D eigenvalue weighted by Gasteiger charge is 2.36. The van der Waals surface area contributed by atoms with Crippen molar-refractivity contribution in [2.24, 2.45) is 0 Å². The number of Topliss-reactive ketones (excluding diaryl/α,β-unsaturated/α-hetero) is 1. The number of benzene rings is 2. The lowest BCUT2D eigenvalue weighted by Gasteiger charge is -2.39. The summed E-state index contributed by atoms with van der Waals surface area (Å²) >= 11 is 0. The Morgan fingerprint density at radius 2 is 1.78 bits per heavy atom. The summed E-state index contributed by atoms with van der Waals surface area (Å²) in [5, 5.41) is 6.14. The van der Waals surface area contributed by atoms with Crippen LogP contribution in [0.25, 0.3) is 11.3 Å². The van der Waals surface area contributed by atoms with Crippen LogP contribution in [0, 0.1) is 5.82 Å². The summed E-state index contributed by atoms with van der Waals surface area (Å²) < 4.78 is 24.7. The second-order valence-electron chi connectivity index (χ2n) is 11.2. The van der Waals surface area contributed by atoms with Crippen LogP contribution in [0.5, 0.6) is 5.75 Å². The number of aromatic amines is 1. The van der Waals surface area contributed by atoms with Gasteiger partial charge in [-0.15, -0.1) is 0 Å². The second-order valence-corrected chi connectivity index (χ2v) is 11.2. The normalized spacial score (nSPS) is 17.9. The number of hydrogen-bond acceptors (Lipinski definition) is 7. The van der Waals surface area contributed by atoms with Crippen LogP contribution >= 0.6 is 0 Å². The van der Waals surface area contributed by atoms with E-state index in [1.807, 2.05) is 44.2 Å². The van der Waals surface area contributed by atoms with Crippen LogP contribution in [0.1, 0.15) is 40.3 Å². The van der Waals surface area contributed by atoms with Crippen molar-refractivity contribution >= 4 is 34.9 Å². The van der Waals surface area contributed by atoms with Gasteiger partial charge in [-0.1, -0.05) is 18.2 Å². The number of rotatable bonds is 6. The van der Waals surface area contributed by atoms with E-state index in [-0.39, 0.29) is 54.2 Å². The molecule has 0 bridgehead atoms. The smallest absolute Gasteiger partial charge is 0.320 e. The lowest BCUT2D eigenvalue weighted by molar-refractivity contribution is -0.0583. The van der Waals surface area contributed by atoms with Crippen molar-refractivity contribution in [3.8, 4) is 17.0 Å². The number of morpholine rings is 1. The number of halogens is 1. The molecule has 1 saturated heterocycles. The number of hydrogen-bond donors (Lipinski definition) is 3. The molecule has 2 aromatic heterocycles. The van der Waals surface area contributed by atoms with Gasteiger partial charge in [-0.05, 0) is 56.3 Å². The van der Waals surface area contributed by atoms with E-state index in [1.165, 1.54) is 19.2 Å². The summed E-state index contributed by atoms with van der Waals surface area (Å²) in [6.45, 7) is 4.91. The minimum atomic E-state index is -0.577. The third-order valence-electron chi connectivity index (χ3n) is 7.75. The molecule has 0 saturated carbocycles. The third-order valence-corrected chi connectivity index (χ3v) is 7.75. The van der Waals surface area contributed by atoms with Crippen LogP contribution in [-0.4, -0.2) is 76.4 Å². The molecular formula is C33H33FN6O5. The van der Waals surface area contributed by atoms with Crippen LogP contribution in [0.2, 0.25) is 0 Å². The van der Waals surface area contributed by atoms with Gasteiger partial charge >= 0.3 is 6.03 Å². The van der Waals surface area contributed by atoms with Gasteiger partial charge in [-0.25, -0.2) is 14.2 Å². The molecule has 2 aromatic carbocycles. The molecule has 2 atom stereocenters. The average molecular weight is 613 g/mol. The zero-order valence-corrected chi connectivity index (χ0v) is 25.1. The Kier molecular flexibility index (Phi) is 8.22. The van der Waals surface area contributed by atoms with Gasteiger partial charge in [0, 0.05) is 41.8 Å². The predicted molar refractivity (Wildman–Crippen MR) is 166 cm³/mol. The monoisotopic (exact) mass is 612 g/mol. The van der Waals surface area contributed by atoms with Crippen LogP contribution in [0.4, 0.5) is 26.4 Å². The van der Waals surface area contributed by atoms with Gasteiger partial charge in [0.15, 0.2) is 17.3 Å². The number of carbonyl (C=O) groups excluding carboxylic acids is 3. The molecule has 0 unspecified atom stereocenters. The highest BCUT2D eigenvalue weighted by atomic mass is 19.1. The summed E-state index contributed by atoms with van der Waals surface area (Å²) in [5.74, 6) is -1.08. The van der Waals surface area contributed by atoms with Gasteiger partial charge in [0.05, 0.1) is 49.4 Å². The summed E-state index contributed by atoms with van der Waals surface area (Å²) in [7, 11) is 1.32. The molecule has 0 spiro atoms. The van der Waals surface area contributed by atoms with E-state index in [0.29, 0.717) is 41.3 Å². The topological polar surface area (TPSA) is 129 Å². The molecule has 0 radical (unpaired) electrons. The number of pyridine rings is 1. The van der Waals surface area contributed by atoms with Gasteiger partial charge < -0.3 is 34.9 Å². The molecular weight excluding hydrogens is 579 g/mol. The number of nitrogens with zero attached hydrogens (tertiary/aromatic N) is 3. The van der Waals surface area contributed by atoms with E-state index in [9.17, 15) is 18.8 Å². The van der Waals surface area contributed by atoms with Crippen molar-refractivity contribution < 1.29 is 28.2 Å². The van der Waals surface area contributed by atoms with Gasteiger partial charge in [0.25, 0.3) is 5.91 Å². The van der Waals surface area contributed by atoms with E-state index in [0.717, 1.165) is 11.8 Å². The number of ether oxygens (including phenoxy) is 2. The molecule has 4 aromatic rings. The summed E-state index contributed by atoms with van der Waals surface area (Å²) in [6.07, 6.45) is 1.35. The number of ketones is 1. The first-order chi connectivity index (χ1) is 21.7. The number of nitrogens with one attached hydrogen (secondary N) is 3. The maximum atomic E-state index is 13.9. The van der Waals surface area contributed by atoms with Crippen molar-refractivity contribution in [2.75, 3.05) is 37.4 Å². The van der Waals surface area contributed by atoms with Crippen molar-refractivity contribution in [1.29, 1.82) is 0 Å². The zero-order chi connectivity index (χ0) is 31.7. The molecule has 11 nitrogen and oxygen atoms in total. The van der Waals surface area contributed by atoms with Gasteiger partial charge in [-0.3, -0.25) is 9.59 Å². The number of fused-ring (bicyclic) bond motifs is 1. The molecule has 2 aliphatic heterocycles. The van der Waals surface area contributed by atoms with Crippen LogP contribution < -0.4 is 15.4 Å². The Bertz CT molecular complexity index is 1750. The minimum Gasteiger partial charge on any atom is -0.494 e. The number of H-pyrrole nitrogens is 1. The number of methoxy groups -OCH3 is 1. The SMILES string of the molecule is COc1cc(C(=O)Nc2cc(-c3[nH]c4c(c3Nc3ccccc3)C(=O)CN(C(=O)N3C[C@@H](C)O[C@@H](C)C3)C4)ccn2)ccc1F. The molecule has 0 aliphatic carbocycles. The standard InChI is InChI=1S/C33H33FN6O5/c1-19-15-39(16-20(2)45-19)33(43)40-17-25-29(26(41)18-40)31(36-23-7-5-4-6-8-23)30(37-25)21-11-12-35-28(14-21)38-32(42)22-9-10-24(34)27(13-22)44-3/h4-14,19-20,36-37H,15-18H2,1-3H3,(H,35,38,42)/t19-,20+. The summed E-state index contributed by atoms with van der Waals surface area (Å²) in [6, 6.07) is 16.5. The molecule has 3 N–H and O–H groups in total. The lowest BCUT2D eigenvalue weighted by Crippen LogP contribution is -2.54. The molecule has 232 valence electrons. The van der Waals surface area contributed by atoms with Crippen molar-refractivity contribution in [3.05, 3.63) is 89.5 Å².